The van der Waals surface area contributed by atoms with E-state index in [0.29, 0.717) is 61.3 Å². The fourth-order valence-corrected chi connectivity index (χ4v) is 7.98. The van der Waals surface area contributed by atoms with Gasteiger partial charge in [0.2, 0.25) is 5.91 Å². The van der Waals surface area contributed by atoms with E-state index in [1.165, 1.54) is 23.4 Å². The summed E-state index contributed by atoms with van der Waals surface area (Å²) < 4.78 is 5.33. The van der Waals surface area contributed by atoms with Gasteiger partial charge in [-0.05, 0) is 111 Å². The number of amides is 1. The van der Waals surface area contributed by atoms with Gasteiger partial charge in [-0.15, -0.1) is 11.3 Å². The van der Waals surface area contributed by atoms with Crippen molar-refractivity contribution in [2.75, 3.05) is 18.6 Å². The number of rotatable bonds is 9. The summed E-state index contributed by atoms with van der Waals surface area (Å²) in [5, 5.41) is 20.2. The van der Waals surface area contributed by atoms with Crippen molar-refractivity contribution in [2.45, 2.75) is 76.0 Å². The molecule has 1 amide bonds. The van der Waals surface area contributed by atoms with Crippen LogP contribution in [0.3, 0.4) is 0 Å². The van der Waals surface area contributed by atoms with Crippen LogP contribution in [0.15, 0.2) is 48.7 Å². The Kier molecular flexibility index (Phi) is 8.80. The molecule has 2 aromatic carbocycles. The molecule has 0 radical (unpaired) electrons. The summed E-state index contributed by atoms with van der Waals surface area (Å²) >= 11 is 1.76. The number of carbonyl (C=O) groups is 2. The van der Waals surface area contributed by atoms with Gasteiger partial charge in [0, 0.05) is 30.3 Å². The molecule has 224 valence electrons. The number of aliphatic carboxylic acids is 1. The van der Waals surface area contributed by atoms with Crippen LogP contribution >= 0.6 is 11.3 Å². The highest BCUT2D eigenvalue weighted by atomic mass is 32.1. The van der Waals surface area contributed by atoms with Gasteiger partial charge in [0.1, 0.15) is 11.8 Å². The predicted octanol–water partition coefficient (Wildman–Crippen LogP) is 7.77. The van der Waals surface area contributed by atoms with Crippen LogP contribution in [0, 0.1) is 29.1 Å². The molecule has 1 heterocycles. The zero-order valence-electron chi connectivity index (χ0n) is 24.7. The number of benzene rings is 2. The van der Waals surface area contributed by atoms with Gasteiger partial charge in [0.05, 0.1) is 28.5 Å². The summed E-state index contributed by atoms with van der Waals surface area (Å²) in [6.45, 7) is 0.663. The molecular formula is C35H39N3O4S. The first-order chi connectivity index (χ1) is 20.9. The number of anilines is 1. The first-order valence-electron chi connectivity index (χ1n) is 15.6. The summed E-state index contributed by atoms with van der Waals surface area (Å²) in [4.78, 5) is 33.5. The average Bonchev–Trinajstić information content (AvgIpc) is 3.79. The number of thiazole rings is 1. The normalized spacial score (nSPS) is 23.7. The maximum absolute atomic E-state index is 14.1. The maximum atomic E-state index is 14.1. The number of nitriles is 1. The molecule has 3 fully saturated rings. The Morgan fingerprint density at radius 1 is 0.977 bits per heavy atom. The van der Waals surface area contributed by atoms with E-state index in [1.807, 2.05) is 35.4 Å². The number of carboxylic acids is 1. The number of nitrogens with zero attached hydrogens (tertiary/aromatic N) is 3. The molecule has 1 aromatic heterocycles. The Balaban J connectivity index is 1.19. The van der Waals surface area contributed by atoms with Gasteiger partial charge < -0.3 is 14.7 Å². The van der Waals surface area contributed by atoms with Crippen molar-refractivity contribution in [3.63, 3.8) is 0 Å². The van der Waals surface area contributed by atoms with E-state index < -0.39 is 5.97 Å². The van der Waals surface area contributed by atoms with Gasteiger partial charge in [0.25, 0.3) is 0 Å². The SMILES string of the molecule is COc1ccc(C2CCC(CN(C(=O)C3CCC(C(=O)O)CC3)c3cccc(-c4cnc(C5CC5)s4)c3)CC2)cc1C#N. The van der Waals surface area contributed by atoms with Crippen LogP contribution in [0.4, 0.5) is 5.69 Å². The molecular weight excluding hydrogens is 558 g/mol. The van der Waals surface area contributed by atoms with Crippen molar-refractivity contribution < 1.29 is 19.4 Å². The summed E-state index contributed by atoms with van der Waals surface area (Å²) in [7, 11) is 1.59. The molecule has 0 atom stereocenters. The molecule has 7 nitrogen and oxygen atoms in total. The summed E-state index contributed by atoms with van der Waals surface area (Å²) in [5.74, 6) is 0.863. The third-order valence-corrected chi connectivity index (χ3v) is 10.9. The van der Waals surface area contributed by atoms with E-state index in [0.717, 1.165) is 41.8 Å². The lowest BCUT2D eigenvalue weighted by Gasteiger charge is -2.36. The number of aromatic nitrogens is 1. The van der Waals surface area contributed by atoms with Gasteiger partial charge in [-0.1, -0.05) is 18.2 Å². The highest BCUT2D eigenvalue weighted by Crippen LogP contribution is 2.44. The second-order valence-electron chi connectivity index (χ2n) is 12.5. The van der Waals surface area contributed by atoms with Crippen LogP contribution in [-0.4, -0.2) is 35.6 Å². The predicted molar refractivity (Wildman–Crippen MR) is 167 cm³/mol. The van der Waals surface area contributed by atoms with E-state index in [2.05, 4.69) is 29.3 Å². The number of hydrogen-bond acceptors (Lipinski definition) is 6. The molecule has 3 aromatic rings. The zero-order valence-corrected chi connectivity index (χ0v) is 25.5. The number of methoxy groups -OCH3 is 1. The molecule has 6 rings (SSSR count). The van der Waals surface area contributed by atoms with E-state index in [1.54, 1.807) is 18.4 Å². The second kappa shape index (κ2) is 12.9. The lowest BCUT2D eigenvalue weighted by molar-refractivity contribution is -0.144. The Morgan fingerprint density at radius 3 is 2.37 bits per heavy atom. The molecule has 0 saturated heterocycles. The molecule has 0 unspecified atom stereocenters. The second-order valence-corrected chi connectivity index (χ2v) is 13.6. The van der Waals surface area contributed by atoms with Gasteiger partial charge in [-0.3, -0.25) is 9.59 Å². The fraction of sp³-hybridized carbons (Fsp3) is 0.486. The van der Waals surface area contributed by atoms with Crippen molar-refractivity contribution in [3.05, 3.63) is 64.8 Å². The van der Waals surface area contributed by atoms with Crippen molar-refractivity contribution in [1.29, 1.82) is 5.26 Å². The monoisotopic (exact) mass is 597 g/mol. The van der Waals surface area contributed by atoms with Crippen molar-refractivity contribution in [3.8, 4) is 22.3 Å². The van der Waals surface area contributed by atoms with E-state index in [4.69, 9.17) is 4.74 Å². The van der Waals surface area contributed by atoms with Gasteiger partial charge in [-0.2, -0.15) is 5.26 Å². The van der Waals surface area contributed by atoms with Crippen molar-refractivity contribution >= 4 is 28.9 Å². The number of carbonyl (C=O) groups excluding carboxylic acids is 1. The average molecular weight is 598 g/mol. The first kappa shape index (κ1) is 29.4. The molecule has 3 aliphatic rings. The minimum atomic E-state index is -0.749. The minimum Gasteiger partial charge on any atom is -0.495 e. The Labute approximate surface area is 257 Å². The van der Waals surface area contributed by atoms with Gasteiger partial charge in [-0.25, -0.2) is 4.98 Å². The highest BCUT2D eigenvalue weighted by molar-refractivity contribution is 7.15. The molecule has 0 spiro atoms. The van der Waals surface area contributed by atoms with E-state index >= 15 is 0 Å². The highest BCUT2D eigenvalue weighted by Gasteiger charge is 2.34. The molecule has 3 aliphatic carbocycles. The smallest absolute Gasteiger partial charge is 0.306 e. The Bertz CT molecular complexity index is 1510. The van der Waals surface area contributed by atoms with Crippen LogP contribution < -0.4 is 9.64 Å². The Hall–Kier alpha value is -3.70. The molecule has 3 saturated carbocycles. The van der Waals surface area contributed by atoms with Gasteiger partial charge in [0.15, 0.2) is 0 Å². The maximum Gasteiger partial charge on any atom is 0.306 e. The quantitative estimate of drug-likeness (QED) is 0.270. The van der Waals surface area contributed by atoms with Crippen LogP contribution in [-0.2, 0) is 9.59 Å². The molecule has 8 heteroatoms. The van der Waals surface area contributed by atoms with Crippen molar-refractivity contribution in [2.24, 2.45) is 17.8 Å². The fourth-order valence-electron chi connectivity index (χ4n) is 6.90. The standard InChI is InChI=1S/C35H39N3O4S/c1-42-31-16-15-27(17-29(31)19-36)23-7-5-22(6-8-23)21-38(34(39)25-11-13-26(14-12-25)35(40)41)30-4-2-3-28(18-30)32-20-37-33(43-32)24-9-10-24/h2-4,15-18,20,22-26H,5-14,21H2,1H3,(H,40,41). The Morgan fingerprint density at radius 2 is 1.70 bits per heavy atom. The van der Waals surface area contributed by atoms with Crippen LogP contribution in [0.5, 0.6) is 5.75 Å². The molecule has 0 aliphatic heterocycles. The zero-order chi connectivity index (χ0) is 29.9. The molecule has 43 heavy (non-hydrogen) atoms. The third-order valence-electron chi connectivity index (χ3n) is 9.69. The number of hydrogen-bond donors (Lipinski definition) is 1. The minimum absolute atomic E-state index is 0.125. The molecule has 1 N–H and O–H groups in total. The van der Waals surface area contributed by atoms with Crippen LogP contribution in [0.1, 0.15) is 92.2 Å². The molecule has 0 bridgehead atoms. The van der Waals surface area contributed by atoms with Crippen LogP contribution in [0.2, 0.25) is 0 Å². The van der Waals surface area contributed by atoms with Crippen LogP contribution in [0.25, 0.3) is 10.4 Å². The largest absolute Gasteiger partial charge is 0.495 e. The number of carboxylic acid groups (broad SMARTS) is 1. The lowest BCUT2D eigenvalue weighted by atomic mass is 9.77. The summed E-state index contributed by atoms with van der Waals surface area (Å²) in [6, 6.07) is 16.5. The van der Waals surface area contributed by atoms with Crippen molar-refractivity contribution in [1.82, 2.24) is 4.98 Å². The van der Waals surface area contributed by atoms with E-state index in [9.17, 15) is 20.0 Å². The van der Waals surface area contributed by atoms with E-state index in [-0.39, 0.29) is 17.7 Å². The third kappa shape index (κ3) is 6.62. The first-order valence-corrected chi connectivity index (χ1v) is 16.4. The topological polar surface area (TPSA) is 104 Å². The lowest BCUT2D eigenvalue weighted by Crippen LogP contribution is -2.41. The number of ether oxygens (including phenoxy) is 1. The summed E-state index contributed by atoms with van der Waals surface area (Å²) in [6.07, 6.45) is 10.8. The summed E-state index contributed by atoms with van der Waals surface area (Å²) in [5.41, 5.74) is 3.76. The van der Waals surface area contributed by atoms with Gasteiger partial charge >= 0.3 is 5.97 Å².